The number of rotatable bonds is 7. The first-order valence-corrected chi connectivity index (χ1v) is 8.58. The van der Waals surface area contributed by atoms with Crippen molar-refractivity contribution in [1.82, 2.24) is 0 Å². The first-order chi connectivity index (χ1) is 12.7. The fourth-order valence-corrected chi connectivity index (χ4v) is 2.58. The summed E-state index contributed by atoms with van der Waals surface area (Å²) < 4.78 is 49.0. The van der Waals surface area contributed by atoms with Crippen LogP contribution in [0, 0.1) is 0 Å². The number of nitrogens with one attached hydrogen (secondary N) is 1. The van der Waals surface area contributed by atoms with Crippen molar-refractivity contribution >= 4 is 23.2 Å². The molecular formula is C19H19ClF3NO3. The second-order valence-corrected chi connectivity index (χ2v) is 6.07. The van der Waals surface area contributed by atoms with E-state index in [1.807, 2.05) is 6.92 Å². The van der Waals surface area contributed by atoms with E-state index in [1.54, 1.807) is 18.2 Å². The number of alkyl halides is 3. The molecule has 0 fully saturated rings. The number of halogens is 4. The fourth-order valence-electron chi connectivity index (χ4n) is 2.41. The van der Waals surface area contributed by atoms with Crippen molar-refractivity contribution in [3.8, 4) is 11.5 Å². The molecule has 2 rings (SSSR count). The Morgan fingerprint density at radius 1 is 1.15 bits per heavy atom. The number of hydrogen-bond acceptors (Lipinski definition) is 3. The molecule has 0 aliphatic heterocycles. The molecule has 8 heteroatoms. The third-order valence-electron chi connectivity index (χ3n) is 3.74. The maximum absolute atomic E-state index is 12.8. The van der Waals surface area contributed by atoms with Gasteiger partial charge in [-0.05, 0) is 49.2 Å². The minimum absolute atomic E-state index is 0.0408. The Balaban J connectivity index is 2.03. The molecule has 0 unspecified atom stereocenters. The van der Waals surface area contributed by atoms with Crippen molar-refractivity contribution in [2.24, 2.45) is 0 Å². The van der Waals surface area contributed by atoms with Crippen molar-refractivity contribution < 1.29 is 27.4 Å². The lowest BCUT2D eigenvalue weighted by Gasteiger charge is -2.12. The summed E-state index contributed by atoms with van der Waals surface area (Å²) in [7, 11) is 1.52. The van der Waals surface area contributed by atoms with Gasteiger partial charge in [0.2, 0.25) is 5.91 Å². The second-order valence-electron chi connectivity index (χ2n) is 5.66. The van der Waals surface area contributed by atoms with Crippen molar-refractivity contribution in [3.05, 3.63) is 52.5 Å². The van der Waals surface area contributed by atoms with Crippen LogP contribution < -0.4 is 14.8 Å². The van der Waals surface area contributed by atoms with Gasteiger partial charge >= 0.3 is 6.18 Å². The van der Waals surface area contributed by atoms with E-state index in [2.05, 4.69) is 5.32 Å². The van der Waals surface area contributed by atoms with E-state index < -0.39 is 17.6 Å². The minimum Gasteiger partial charge on any atom is -0.493 e. The molecule has 0 bridgehead atoms. The van der Waals surface area contributed by atoms with Crippen LogP contribution in [0.5, 0.6) is 11.5 Å². The monoisotopic (exact) mass is 401 g/mol. The van der Waals surface area contributed by atoms with E-state index in [9.17, 15) is 18.0 Å². The third kappa shape index (κ3) is 5.79. The van der Waals surface area contributed by atoms with Gasteiger partial charge in [0.1, 0.15) is 0 Å². The molecule has 2 aromatic carbocycles. The SMILES string of the molecule is CCOc1ccc(CCC(=O)Nc2cc(C(F)(F)F)ccc2Cl)cc1OC. The molecule has 1 N–H and O–H groups in total. The number of carbonyl (C=O) groups excluding carboxylic acids is 1. The van der Waals surface area contributed by atoms with Gasteiger partial charge in [0.05, 0.1) is 30.0 Å². The number of carbonyl (C=O) groups is 1. The lowest BCUT2D eigenvalue weighted by Crippen LogP contribution is -2.14. The molecule has 0 heterocycles. The van der Waals surface area contributed by atoms with Gasteiger partial charge in [0.15, 0.2) is 11.5 Å². The van der Waals surface area contributed by atoms with Crippen molar-refractivity contribution in [2.45, 2.75) is 25.9 Å². The highest BCUT2D eigenvalue weighted by atomic mass is 35.5. The van der Waals surface area contributed by atoms with Crippen LogP contribution in [0.15, 0.2) is 36.4 Å². The summed E-state index contributed by atoms with van der Waals surface area (Å²) in [5.41, 5.74) is -0.111. The van der Waals surface area contributed by atoms with Gasteiger partial charge < -0.3 is 14.8 Å². The van der Waals surface area contributed by atoms with Crippen LogP contribution in [-0.4, -0.2) is 19.6 Å². The Labute approximate surface area is 160 Å². The largest absolute Gasteiger partial charge is 0.493 e. The Morgan fingerprint density at radius 2 is 1.89 bits per heavy atom. The molecule has 0 saturated carbocycles. The first kappa shape index (κ1) is 20.9. The summed E-state index contributed by atoms with van der Waals surface area (Å²) in [6.45, 7) is 2.35. The molecule has 27 heavy (non-hydrogen) atoms. The number of ether oxygens (including phenoxy) is 2. The highest BCUT2D eigenvalue weighted by molar-refractivity contribution is 6.33. The lowest BCUT2D eigenvalue weighted by molar-refractivity contribution is -0.137. The van der Waals surface area contributed by atoms with E-state index in [4.69, 9.17) is 21.1 Å². The molecule has 2 aromatic rings. The summed E-state index contributed by atoms with van der Waals surface area (Å²) in [4.78, 5) is 12.1. The highest BCUT2D eigenvalue weighted by Crippen LogP contribution is 2.34. The van der Waals surface area contributed by atoms with Crippen LogP contribution in [-0.2, 0) is 17.4 Å². The van der Waals surface area contributed by atoms with E-state index in [0.29, 0.717) is 24.5 Å². The van der Waals surface area contributed by atoms with Crippen LogP contribution in [0.1, 0.15) is 24.5 Å². The van der Waals surface area contributed by atoms with Gasteiger partial charge in [-0.2, -0.15) is 13.2 Å². The maximum Gasteiger partial charge on any atom is 0.416 e. The minimum atomic E-state index is -4.51. The summed E-state index contributed by atoms with van der Waals surface area (Å²) >= 11 is 5.88. The Kier molecular flexibility index (Phi) is 6.96. The Hall–Kier alpha value is -2.41. The molecular weight excluding hydrogens is 383 g/mol. The summed E-state index contributed by atoms with van der Waals surface area (Å²) in [6, 6.07) is 8.11. The van der Waals surface area contributed by atoms with Crippen molar-refractivity contribution in [3.63, 3.8) is 0 Å². The predicted molar refractivity (Wildman–Crippen MR) is 97.6 cm³/mol. The van der Waals surface area contributed by atoms with Crippen LogP contribution in [0.3, 0.4) is 0 Å². The highest BCUT2D eigenvalue weighted by Gasteiger charge is 2.31. The lowest BCUT2D eigenvalue weighted by atomic mass is 10.1. The van der Waals surface area contributed by atoms with E-state index in [0.717, 1.165) is 23.8 Å². The molecule has 0 aliphatic rings. The number of aryl methyl sites for hydroxylation is 1. The van der Waals surface area contributed by atoms with Crippen molar-refractivity contribution in [1.29, 1.82) is 0 Å². The number of amides is 1. The second kappa shape index (κ2) is 8.99. The number of benzene rings is 2. The number of methoxy groups -OCH3 is 1. The van der Waals surface area contributed by atoms with Crippen molar-refractivity contribution in [2.75, 3.05) is 19.0 Å². The standard InChI is InChI=1S/C19H19ClF3NO3/c1-3-27-16-8-4-12(10-17(16)26-2)5-9-18(25)24-15-11-13(19(21,22)23)6-7-14(15)20/h4,6-8,10-11H,3,5,9H2,1-2H3,(H,24,25). The summed E-state index contributed by atoms with van der Waals surface area (Å²) in [5.74, 6) is 0.712. The molecule has 4 nitrogen and oxygen atoms in total. The van der Waals surface area contributed by atoms with Crippen LogP contribution in [0.2, 0.25) is 5.02 Å². The molecule has 1 amide bonds. The van der Waals surface area contributed by atoms with E-state index in [-0.39, 0.29) is 17.1 Å². The molecule has 0 saturated heterocycles. The third-order valence-corrected chi connectivity index (χ3v) is 4.07. The smallest absolute Gasteiger partial charge is 0.416 e. The summed E-state index contributed by atoms with van der Waals surface area (Å²) in [6.07, 6.45) is -4.06. The van der Waals surface area contributed by atoms with Crippen LogP contribution >= 0.6 is 11.6 Å². The summed E-state index contributed by atoms with van der Waals surface area (Å²) in [5, 5.41) is 2.47. The van der Waals surface area contributed by atoms with E-state index >= 15 is 0 Å². The van der Waals surface area contributed by atoms with Crippen LogP contribution in [0.4, 0.5) is 18.9 Å². The number of anilines is 1. The maximum atomic E-state index is 12.8. The zero-order chi connectivity index (χ0) is 20.0. The normalized spacial score (nSPS) is 11.2. The van der Waals surface area contributed by atoms with Gasteiger partial charge in [0, 0.05) is 6.42 Å². The zero-order valence-corrected chi connectivity index (χ0v) is 15.6. The molecule has 0 aliphatic carbocycles. The van der Waals surface area contributed by atoms with Crippen LogP contribution in [0.25, 0.3) is 0 Å². The fraction of sp³-hybridized carbons (Fsp3) is 0.316. The van der Waals surface area contributed by atoms with Gasteiger partial charge in [-0.3, -0.25) is 4.79 Å². The molecule has 0 spiro atoms. The molecule has 146 valence electrons. The van der Waals surface area contributed by atoms with Gasteiger partial charge in [0.25, 0.3) is 0 Å². The topological polar surface area (TPSA) is 47.6 Å². The van der Waals surface area contributed by atoms with E-state index in [1.165, 1.54) is 7.11 Å². The molecule has 0 aromatic heterocycles. The first-order valence-electron chi connectivity index (χ1n) is 8.21. The van der Waals surface area contributed by atoms with Gasteiger partial charge in [-0.25, -0.2) is 0 Å². The molecule has 0 atom stereocenters. The van der Waals surface area contributed by atoms with Gasteiger partial charge in [-0.15, -0.1) is 0 Å². The van der Waals surface area contributed by atoms with Gasteiger partial charge in [-0.1, -0.05) is 17.7 Å². The zero-order valence-electron chi connectivity index (χ0n) is 14.8. The predicted octanol–water partition coefficient (Wildman–Crippen LogP) is 5.34. The average Bonchev–Trinajstić information content (AvgIpc) is 2.62. The Bertz CT molecular complexity index is 809. The average molecular weight is 402 g/mol. The number of hydrogen-bond donors (Lipinski definition) is 1. The molecule has 0 radical (unpaired) electrons. The quantitative estimate of drug-likeness (QED) is 0.681. The Morgan fingerprint density at radius 3 is 2.52 bits per heavy atom.